The first-order valence-corrected chi connectivity index (χ1v) is 6.09. The maximum absolute atomic E-state index is 11.4. The van der Waals surface area contributed by atoms with Crippen LogP contribution in [-0.4, -0.2) is 19.1 Å². The molecule has 1 aliphatic rings. The third kappa shape index (κ3) is 2.90. The molecule has 0 saturated carbocycles. The van der Waals surface area contributed by atoms with E-state index in [0.717, 1.165) is 18.6 Å². The van der Waals surface area contributed by atoms with E-state index in [4.69, 9.17) is 10.5 Å². The quantitative estimate of drug-likeness (QED) is 0.770. The second-order valence-corrected chi connectivity index (χ2v) is 4.39. The first-order valence-electron chi connectivity index (χ1n) is 6.09. The van der Waals surface area contributed by atoms with Gasteiger partial charge in [0.1, 0.15) is 5.75 Å². The maximum Gasteiger partial charge on any atom is 0.258 e. The lowest BCUT2D eigenvalue weighted by molar-refractivity contribution is -0.122. The van der Waals surface area contributed by atoms with Gasteiger partial charge in [0, 0.05) is 12.6 Å². The Labute approximate surface area is 107 Å². The van der Waals surface area contributed by atoms with Crippen molar-refractivity contribution < 1.29 is 9.53 Å². The molecular weight excluding hydrogens is 228 g/mol. The number of hydrogen-bond donors (Lipinski definition) is 2. The molecule has 1 aromatic rings. The molecule has 96 valence electrons. The molecule has 0 fully saturated rings. The standard InChI is InChI=1S/C14H18N2O2/c1-2-7-16-14(17)9-18-11-4-5-12-10(8-11)3-6-13(12)15/h2,4-5,8,13H,1,3,6-7,9,15H2,(H,16,17)/t13-/m0/s1. The number of aryl methyl sites for hydroxylation is 1. The number of hydrogen-bond acceptors (Lipinski definition) is 3. The van der Waals surface area contributed by atoms with Crippen molar-refractivity contribution in [2.45, 2.75) is 18.9 Å². The number of ether oxygens (including phenoxy) is 1. The van der Waals surface area contributed by atoms with E-state index in [0.29, 0.717) is 6.54 Å². The predicted molar refractivity (Wildman–Crippen MR) is 70.4 cm³/mol. The fourth-order valence-corrected chi connectivity index (χ4v) is 2.10. The van der Waals surface area contributed by atoms with Crippen molar-refractivity contribution in [1.82, 2.24) is 5.32 Å². The van der Waals surface area contributed by atoms with Crippen molar-refractivity contribution in [3.63, 3.8) is 0 Å². The Morgan fingerprint density at radius 2 is 2.44 bits per heavy atom. The predicted octanol–water partition coefficient (Wildman–Crippen LogP) is 1.31. The highest BCUT2D eigenvalue weighted by Crippen LogP contribution is 2.31. The Kier molecular flexibility index (Phi) is 3.99. The van der Waals surface area contributed by atoms with E-state index in [2.05, 4.69) is 11.9 Å². The van der Waals surface area contributed by atoms with Crippen molar-refractivity contribution in [2.75, 3.05) is 13.2 Å². The highest BCUT2D eigenvalue weighted by atomic mass is 16.5. The van der Waals surface area contributed by atoms with Gasteiger partial charge >= 0.3 is 0 Å². The summed E-state index contributed by atoms with van der Waals surface area (Å²) in [5.74, 6) is 0.573. The van der Waals surface area contributed by atoms with E-state index in [-0.39, 0.29) is 18.6 Å². The zero-order valence-corrected chi connectivity index (χ0v) is 10.3. The van der Waals surface area contributed by atoms with Crippen LogP contribution in [0.4, 0.5) is 0 Å². The van der Waals surface area contributed by atoms with E-state index >= 15 is 0 Å². The van der Waals surface area contributed by atoms with Crippen LogP contribution >= 0.6 is 0 Å². The van der Waals surface area contributed by atoms with Crippen LogP contribution in [0.15, 0.2) is 30.9 Å². The van der Waals surface area contributed by atoms with E-state index < -0.39 is 0 Å². The number of benzene rings is 1. The lowest BCUT2D eigenvalue weighted by Gasteiger charge is -2.09. The van der Waals surface area contributed by atoms with Gasteiger partial charge in [-0.05, 0) is 36.1 Å². The summed E-state index contributed by atoms with van der Waals surface area (Å²) in [5, 5.41) is 2.66. The van der Waals surface area contributed by atoms with Gasteiger partial charge in [-0.3, -0.25) is 4.79 Å². The molecule has 0 aromatic heterocycles. The highest BCUT2D eigenvalue weighted by Gasteiger charge is 2.19. The molecule has 4 nitrogen and oxygen atoms in total. The largest absolute Gasteiger partial charge is 0.484 e. The van der Waals surface area contributed by atoms with Crippen LogP contribution in [0.25, 0.3) is 0 Å². The number of nitrogens with one attached hydrogen (secondary N) is 1. The number of carbonyl (C=O) groups is 1. The minimum atomic E-state index is -0.146. The molecule has 0 aliphatic heterocycles. The molecule has 3 N–H and O–H groups in total. The molecule has 0 radical (unpaired) electrons. The molecule has 1 amide bonds. The Morgan fingerprint density at radius 1 is 1.61 bits per heavy atom. The molecule has 1 aromatic carbocycles. The van der Waals surface area contributed by atoms with E-state index in [1.54, 1.807) is 6.08 Å². The molecular formula is C14H18N2O2. The molecule has 1 aliphatic carbocycles. The van der Waals surface area contributed by atoms with Crippen LogP contribution in [0, 0.1) is 0 Å². The second-order valence-electron chi connectivity index (χ2n) is 4.39. The molecule has 2 rings (SSSR count). The number of fused-ring (bicyclic) bond motifs is 1. The first kappa shape index (κ1) is 12.6. The van der Waals surface area contributed by atoms with Crippen LogP contribution < -0.4 is 15.8 Å². The summed E-state index contributed by atoms with van der Waals surface area (Å²) in [6.07, 6.45) is 3.60. The summed E-state index contributed by atoms with van der Waals surface area (Å²) < 4.78 is 5.44. The first-order chi connectivity index (χ1) is 8.70. The third-order valence-corrected chi connectivity index (χ3v) is 3.05. The van der Waals surface area contributed by atoms with Gasteiger partial charge in [-0.1, -0.05) is 12.1 Å². The molecule has 0 saturated heterocycles. The monoisotopic (exact) mass is 246 g/mol. The van der Waals surface area contributed by atoms with E-state index in [1.807, 2.05) is 18.2 Å². The SMILES string of the molecule is C=CCNC(=O)COc1ccc2c(c1)CC[C@@H]2N. The molecule has 0 bridgehead atoms. The Hall–Kier alpha value is -1.81. The summed E-state index contributed by atoms with van der Waals surface area (Å²) in [6, 6.07) is 5.97. The average molecular weight is 246 g/mol. The van der Waals surface area contributed by atoms with Crippen molar-refractivity contribution in [3.05, 3.63) is 42.0 Å². The van der Waals surface area contributed by atoms with Gasteiger partial charge in [-0.2, -0.15) is 0 Å². The highest BCUT2D eigenvalue weighted by molar-refractivity contribution is 5.77. The fourth-order valence-electron chi connectivity index (χ4n) is 2.10. The lowest BCUT2D eigenvalue weighted by Crippen LogP contribution is -2.28. The number of rotatable bonds is 5. The van der Waals surface area contributed by atoms with E-state index in [9.17, 15) is 4.79 Å². The average Bonchev–Trinajstić information content (AvgIpc) is 2.75. The van der Waals surface area contributed by atoms with Crippen LogP contribution in [-0.2, 0) is 11.2 Å². The van der Waals surface area contributed by atoms with Crippen LogP contribution in [0.1, 0.15) is 23.6 Å². The Balaban J connectivity index is 1.91. The number of amides is 1. The van der Waals surface area contributed by atoms with Crippen molar-refractivity contribution >= 4 is 5.91 Å². The minimum absolute atomic E-state index is 0.0265. The second kappa shape index (κ2) is 5.69. The Morgan fingerprint density at radius 3 is 3.22 bits per heavy atom. The number of nitrogens with two attached hydrogens (primary N) is 1. The number of carbonyl (C=O) groups excluding carboxylic acids is 1. The topological polar surface area (TPSA) is 64.3 Å². The van der Waals surface area contributed by atoms with Crippen LogP contribution in [0.3, 0.4) is 0 Å². The summed E-state index contributed by atoms with van der Waals surface area (Å²) in [5.41, 5.74) is 8.38. The third-order valence-electron chi connectivity index (χ3n) is 3.05. The maximum atomic E-state index is 11.4. The normalized spacial score (nSPS) is 17.1. The molecule has 0 spiro atoms. The summed E-state index contributed by atoms with van der Waals surface area (Å²) in [7, 11) is 0. The van der Waals surface area contributed by atoms with Gasteiger partial charge in [0.25, 0.3) is 5.91 Å². The zero-order chi connectivity index (χ0) is 13.0. The molecule has 1 atom stereocenters. The van der Waals surface area contributed by atoms with Crippen LogP contribution in [0.2, 0.25) is 0 Å². The summed E-state index contributed by atoms with van der Waals surface area (Å²) in [4.78, 5) is 11.4. The minimum Gasteiger partial charge on any atom is -0.484 e. The molecule has 0 unspecified atom stereocenters. The smallest absolute Gasteiger partial charge is 0.258 e. The molecule has 4 heteroatoms. The van der Waals surface area contributed by atoms with Gasteiger partial charge in [-0.25, -0.2) is 0 Å². The summed E-state index contributed by atoms with van der Waals surface area (Å²) >= 11 is 0. The zero-order valence-electron chi connectivity index (χ0n) is 10.3. The summed E-state index contributed by atoms with van der Waals surface area (Å²) in [6.45, 7) is 4.02. The Bertz CT molecular complexity index is 457. The van der Waals surface area contributed by atoms with Gasteiger partial charge in [-0.15, -0.1) is 6.58 Å². The fraction of sp³-hybridized carbons (Fsp3) is 0.357. The lowest BCUT2D eigenvalue weighted by atomic mass is 10.1. The van der Waals surface area contributed by atoms with Gasteiger partial charge < -0.3 is 15.8 Å². The van der Waals surface area contributed by atoms with Gasteiger partial charge in [0.05, 0.1) is 0 Å². The van der Waals surface area contributed by atoms with Crippen molar-refractivity contribution in [3.8, 4) is 5.75 Å². The van der Waals surface area contributed by atoms with Gasteiger partial charge in [0.15, 0.2) is 6.61 Å². The molecule has 18 heavy (non-hydrogen) atoms. The van der Waals surface area contributed by atoms with E-state index in [1.165, 1.54) is 11.1 Å². The molecule has 0 heterocycles. The van der Waals surface area contributed by atoms with Crippen molar-refractivity contribution in [1.29, 1.82) is 0 Å². The van der Waals surface area contributed by atoms with Crippen LogP contribution in [0.5, 0.6) is 5.75 Å². The van der Waals surface area contributed by atoms with Gasteiger partial charge in [0.2, 0.25) is 0 Å². The van der Waals surface area contributed by atoms with Crippen molar-refractivity contribution in [2.24, 2.45) is 5.73 Å².